The number of nitrogens with two attached hydrogens (primary N) is 1. The zero-order chi connectivity index (χ0) is 13.8. The van der Waals surface area contributed by atoms with Crippen LogP contribution < -0.4 is 10.7 Å². The van der Waals surface area contributed by atoms with Crippen molar-refractivity contribution in [1.82, 2.24) is 0 Å². The number of nitrogens with zero attached hydrogens (tertiary/aromatic N) is 2. The fourth-order valence-corrected chi connectivity index (χ4v) is 1.83. The number of hydrogen-bond donors (Lipinski definition) is 1. The van der Waals surface area contributed by atoms with Gasteiger partial charge < -0.3 is 5.73 Å². The van der Waals surface area contributed by atoms with Gasteiger partial charge in [-0.05, 0) is 38.1 Å². The van der Waals surface area contributed by atoms with E-state index < -0.39 is 5.92 Å². The highest BCUT2D eigenvalue weighted by molar-refractivity contribution is 6.10. The van der Waals surface area contributed by atoms with E-state index in [1.54, 1.807) is 23.4 Å². The van der Waals surface area contributed by atoms with Crippen LogP contribution in [0.2, 0.25) is 0 Å². The van der Waals surface area contributed by atoms with Gasteiger partial charge >= 0.3 is 0 Å². The second-order valence-electron chi connectivity index (χ2n) is 4.65. The molecule has 0 saturated heterocycles. The van der Waals surface area contributed by atoms with Gasteiger partial charge in [0.25, 0.3) is 0 Å². The van der Waals surface area contributed by atoms with E-state index in [4.69, 9.17) is 5.73 Å². The van der Waals surface area contributed by atoms with Crippen LogP contribution in [0.4, 0.5) is 5.69 Å². The molecule has 0 saturated carbocycles. The molecule has 4 heteroatoms. The molecule has 0 aromatic heterocycles. The molecule has 1 heterocycles. The second kappa shape index (κ2) is 5.52. The monoisotopic (exact) mass is 255 g/mol. The minimum Gasteiger partial charge on any atom is -0.385 e. The average molecular weight is 255 g/mol. The lowest BCUT2D eigenvalue weighted by Crippen LogP contribution is -2.34. The summed E-state index contributed by atoms with van der Waals surface area (Å²) < 4.78 is 0. The van der Waals surface area contributed by atoms with Crippen LogP contribution in [0.15, 0.2) is 59.4 Å². The van der Waals surface area contributed by atoms with Gasteiger partial charge in [-0.15, -0.1) is 0 Å². The van der Waals surface area contributed by atoms with Crippen molar-refractivity contribution in [2.45, 2.75) is 13.8 Å². The van der Waals surface area contributed by atoms with Crippen molar-refractivity contribution in [3.05, 3.63) is 54.3 Å². The first-order chi connectivity index (χ1) is 9.08. The zero-order valence-corrected chi connectivity index (χ0v) is 11.1. The van der Waals surface area contributed by atoms with Gasteiger partial charge in [0, 0.05) is 6.20 Å². The molecular weight excluding hydrogens is 238 g/mol. The Hall–Kier alpha value is -2.36. The lowest BCUT2D eigenvalue weighted by Gasteiger charge is -2.22. The molecule has 0 spiro atoms. The molecule has 1 aliphatic rings. The molecule has 2 rings (SSSR count). The van der Waals surface area contributed by atoms with Crippen LogP contribution in [0.25, 0.3) is 0 Å². The van der Waals surface area contributed by atoms with Crippen molar-refractivity contribution in [1.29, 1.82) is 0 Å². The number of amidine groups is 1. The van der Waals surface area contributed by atoms with Crippen LogP contribution in [0.3, 0.4) is 0 Å². The number of benzene rings is 1. The maximum atomic E-state index is 12.0. The third-order valence-electron chi connectivity index (χ3n) is 2.72. The SMILES string of the molecule is CC(C)=CC(=O)C1C=CN(c2ccccc2)N=C1N. The fraction of sp³-hybridized carbons (Fsp3) is 0.200. The molecular formula is C15H17N3O. The Bertz CT molecular complexity index is 554. The number of carbonyl (C=O) groups is 1. The first-order valence-corrected chi connectivity index (χ1v) is 6.13. The van der Waals surface area contributed by atoms with E-state index in [9.17, 15) is 4.79 Å². The quantitative estimate of drug-likeness (QED) is 0.844. The minimum atomic E-state index is -0.463. The third kappa shape index (κ3) is 3.10. The maximum Gasteiger partial charge on any atom is 0.170 e. The summed E-state index contributed by atoms with van der Waals surface area (Å²) in [5.41, 5.74) is 7.76. The summed E-state index contributed by atoms with van der Waals surface area (Å²) in [6, 6.07) is 9.65. The molecule has 0 radical (unpaired) electrons. The predicted octanol–water partition coefficient (Wildman–Crippen LogP) is 2.44. The lowest BCUT2D eigenvalue weighted by atomic mass is 10.0. The highest BCUT2D eigenvalue weighted by Gasteiger charge is 2.22. The van der Waals surface area contributed by atoms with E-state index in [1.165, 1.54) is 0 Å². The largest absolute Gasteiger partial charge is 0.385 e. The fourth-order valence-electron chi connectivity index (χ4n) is 1.83. The minimum absolute atomic E-state index is 0.0368. The van der Waals surface area contributed by atoms with Crippen molar-refractivity contribution in [2.75, 3.05) is 5.01 Å². The molecule has 19 heavy (non-hydrogen) atoms. The number of para-hydroxylation sites is 1. The summed E-state index contributed by atoms with van der Waals surface area (Å²) in [5.74, 6) is -0.186. The Morgan fingerprint density at radius 3 is 2.58 bits per heavy atom. The van der Waals surface area contributed by atoms with Gasteiger partial charge in [0.15, 0.2) is 5.78 Å². The molecule has 1 aromatic carbocycles. The van der Waals surface area contributed by atoms with Crippen LogP contribution in [0.5, 0.6) is 0 Å². The van der Waals surface area contributed by atoms with Gasteiger partial charge in [-0.3, -0.25) is 4.79 Å². The van der Waals surface area contributed by atoms with Gasteiger partial charge in [0.05, 0.1) is 5.69 Å². The van der Waals surface area contributed by atoms with Crippen LogP contribution in [-0.2, 0) is 4.79 Å². The average Bonchev–Trinajstić information content (AvgIpc) is 2.38. The maximum absolute atomic E-state index is 12.0. The van der Waals surface area contributed by atoms with E-state index in [0.717, 1.165) is 11.3 Å². The molecule has 1 atom stereocenters. The molecule has 0 fully saturated rings. The van der Waals surface area contributed by atoms with Gasteiger partial charge in [0.1, 0.15) is 11.8 Å². The van der Waals surface area contributed by atoms with Crippen molar-refractivity contribution in [3.63, 3.8) is 0 Å². The molecule has 1 unspecified atom stereocenters. The topological polar surface area (TPSA) is 58.7 Å². The molecule has 98 valence electrons. The number of carbonyl (C=O) groups excluding carboxylic acids is 1. The number of anilines is 1. The standard InChI is InChI=1S/C15H17N3O/c1-11(2)10-14(19)13-8-9-18(17-15(13)16)12-6-4-3-5-7-12/h3-10,13H,1-2H3,(H2,16,17). The van der Waals surface area contributed by atoms with Crippen LogP contribution in [0, 0.1) is 5.92 Å². The summed E-state index contributed by atoms with van der Waals surface area (Å²) in [7, 11) is 0. The van der Waals surface area contributed by atoms with Gasteiger partial charge in [-0.2, -0.15) is 5.10 Å². The molecule has 4 nitrogen and oxygen atoms in total. The predicted molar refractivity (Wildman–Crippen MR) is 77.6 cm³/mol. The third-order valence-corrected chi connectivity index (χ3v) is 2.72. The highest BCUT2D eigenvalue weighted by Crippen LogP contribution is 2.19. The molecule has 1 aromatic rings. The Labute approximate surface area is 112 Å². The Balaban J connectivity index is 2.19. The van der Waals surface area contributed by atoms with Gasteiger partial charge in [-0.25, -0.2) is 5.01 Å². The number of allylic oxidation sites excluding steroid dienone is 2. The van der Waals surface area contributed by atoms with E-state index in [1.807, 2.05) is 44.2 Å². The summed E-state index contributed by atoms with van der Waals surface area (Å²) in [6.07, 6.45) is 5.14. The smallest absolute Gasteiger partial charge is 0.170 e. The number of hydrogen-bond acceptors (Lipinski definition) is 4. The van der Waals surface area contributed by atoms with Crippen LogP contribution in [0.1, 0.15) is 13.8 Å². The Kier molecular flexibility index (Phi) is 3.80. The van der Waals surface area contributed by atoms with Crippen molar-refractivity contribution in [2.24, 2.45) is 16.8 Å². The van der Waals surface area contributed by atoms with E-state index in [-0.39, 0.29) is 5.78 Å². The Morgan fingerprint density at radius 2 is 2.00 bits per heavy atom. The lowest BCUT2D eigenvalue weighted by molar-refractivity contribution is -0.115. The summed E-state index contributed by atoms with van der Waals surface area (Å²) in [5, 5.41) is 5.92. The first-order valence-electron chi connectivity index (χ1n) is 6.13. The molecule has 0 bridgehead atoms. The summed E-state index contributed by atoms with van der Waals surface area (Å²) >= 11 is 0. The first kappa shape index (κ1) is 13.1. The number of ketones is 1. The summed E-state index contributed by atoms with van der Waals surface area (Å²) in [6.45, 7) is 3.77. The van der Waals surface area contributed by atoms with Crippen molar-refractivity contribution < 1.29 is 4.79 Å². The van der Waals surface area contributed by atoms with Gasteiger partial charge in [0.2, 0.25) is 0 Å². The van der Waals surface area contributed by atoms with E-state index in [2.05, 4.69) is 5.10 Å². The molecule has 0 aliphatic carbocycles. The second-order valence-corrected chi connectivity index (χ2v) is 4.65. The molecule has 2 N–H and O–H groups in total. The number of hydrazone groups is 1. The highest BCUT2D eigenvalue weighted by atomic mass is 16.1. The Morgan fingerprint density at radius 1 is 1.32 bits per heavy atom. The summed E-state index contributed by atoms with van der Waals surface area (Å²) in [4.78, 5) is 12.0. The van der Waals surface area contributed by atoms with E-state index in [0.29, 0.717) is 5.84 Å². The normalized spacial score (nSPS) is 17.9. The molecule has 1 aliphatic heterocycles. The van der Waals surface area contributed by atoms with Gasteiger partial charge in [-0.1, -0.05) is 23.8 Å². The zero-order valence-electron chi connectivity index (χ0n) is 11.1. The molecule has 0 amide bonds. The van der Waals surface area contributed by atoms with Crippen LogP contribution >= 0.6 is 0 Å². The van der Waals surface area contributed by atoms with E-state index >= 15 is 0 Å². The van der Waals surface area contributed by atoms with Crippen LogP contribution in [-0.4, -0.2) is 11.6 Å². The van der Waals surface area contributed by atoms with Crippen molar-refractivity contribution >= 4 is 17.3 Å². The number of rotatable bonds is 3. The van der Waals surface area contributed by atoms with Crippen molar-refractivity contribution in [3.8, 4) is 0 Å².